The van der Waals surface area contributed by atoms with E-state index in [-0.39, 0.29) is 39.8 Å². The molecule has 2 aromatic carbocycles. The Hall–Kier alpha value is -5.41. The molecule has 0 aliphatic heterocycles. The second-order valence-electron chi connectivity index (χ2n) is 8.68. The number of halogens is 4. The molecule has 0 saturated carbocycles. The van der Waals surface area contributed by atoms with Gasteiger partial charge in [0.25, 0.3) is 11.2 Å². The molecule has 0 aliphatic carbocycles. The molecular formula is C25H17F4N7O5. The van der Waals surface area contributed by atoms with Crippen molar-refractivity contribution in [2.45, 2.75) is 19.6 Å². The van der Waals surface area contributed by atoms with Crippen molar-refractivity contribution < 1.29 is 27.2 Å². The lowest BCUT2D eigenvalue weighted by atomic mass is 10.1. The van der Waals surface area contributed by atoms with Crippen LogP contribution in [0.5, 0.6) is 5.88 Å². The van der Waals surface area contributed by atoms with Crippen LogP contribution in [-0.2, 0) is 12.7 Å². The summed E-state index contributed by atoms with van der Waals surface area (Å²) in [5, 5.41) is 22.7. The zero-order valence-electron chi connectivity index (χ0n) is 21.1. The maximum atomic E-state index is 14.8. The number of benzene rings is 2. The number of aryl methyl sites for hydroxylation is 1. The van der Waals surface area contributed by atoms with E-state index in [1.54, 1.807) is 0 Å². The first-order valence-corrected chi connectivity index (χ1v) is 11.6. The van der Waals surface area contributed by atoms with E-state index in [0.717, 1.165) is 16.7 Å². The predicted octanol–water partition coefficient (Wildman–Crippen LogP) is 3.56. The molecule has 0 amide bonds. The molecule has 0 unspecified atom stereocenters. The monoisotopic (exact) mass is 571 g/mol. The van der Waals surface area contributed by atoms with E-state index in [1.807, 2.05) is 0 Å². The summed E-state index contributed by atoms with van der Waals surface area (Å²) in [6.45, 7) is 0.513. The summed E-state index contributed by atoms with van der Waals surface area (Å²) in [6.07, 6.45) is -4.95. The molecule has 0 N–H and O–H groups in total. The Kier molecular flexibility index (Phi) is 6.60. The highest BCUT2D eigenvalue weighted by Crippen LogP contribution is 2.33. The summed E-state index contributed by atoms with van der Waals surface area (Å²) >= 11 is 0. The fourth-order valence-corrected chi connectivity index (χ4v) is 4.33. The highest BCUT2D eigenvalue weighted by Gasteiger charge is 2.35. The van der Waals surface area contributed by atoms with Crippen molar-refractivity contribution in [3.63, 3.8) is 0 Å². The van der Waals surface area contributed by atoms with Crippen LogP contribution in [0.2, 0.25) is 0 Å². The van der Waals surface area contributed by atoms with Crippen LogP contribution in [0, 0.1) is 22.9 Å². The maximum absolute atomic E-state index is 14.8. The lowest BCUT2D eigenvalue weighted by Crippen LogP contribution is -2.40. The van der Waals surface area contributed by atoms with Crippen LogP contribution < -0.4 is 16.0 Å². The van der Waals surface area contributed by atoms with Crippen LogP contribution in [0.1, 0.15) is 16.8 Å². The van der Waals surface area contributed by atoms with Crippen molar-refractivity contribution in [2.24, 2.45) is 0 Å². The van der Waals surface area contributed by atoms with Gasteiger partial charge in [-0.15, -0.1) is 15.3 Å². The zero-order chi connectivity index (χ0) is 29.6. The van der Waals surface area contributed by atoms with Crippen LogP contribution in [-0.4, -0.2) is 41.1 Å². The third-order valence-corrected chi connectivity index (χ3v) is 6.30. The molecule has 210 valence electrons. The van der Waals surface area contributed by atoms with Gasteiger partial charge in [0.2, 0.25) is 5.88 Å². The van der Waals surface area contributed by atoms with Crippen molar-refractivity contribution >= 4 is 16.7 Å². The molecule has 0 bridgehead atoms. The van der Waals surface area contributed by atoms with Crippen LogP contribution >= 0.6 is 0 Å². The van der Waals surface area contributed by atoms with Crippen molar-refractivity contribution in [3.8, 4) is 17.4 Å². The fraction of sp³-hybridized carbons (Fsp3) is 0.160. The smallest absolute Gasteiger partial charge is 0.416 e. The number of hydrogen-bond acceptors (Lipinski definition) is 8. The molecule has 5 rings (SSSR count). The normalized spacial score (nSPS) is 11.7. The number of nitrogens with zero attached hydrogens (tertiary/aromatic N) is 7. The van der Waals surface area contributed by atoms with Crippen molar-refractivity contribution in [1.82, 2.24) is 29.1 Å². The van der Waals surface area contributed by atoms with Gasteiger partial charge in [-0.05, 0) is 37.3 Å². The quantitative estimate of drug-likeness (QED) is 0.171. The molecule has 41 heavy (non-hydrogen) atoms. The summed E-state index contributed by atoms with van der Waals surface area (Å²) in [4.78, 5) is 37.8. The topological polar surface area (TPSA) is 140 Å². The van der Waals surface area contributed by atoms with Gasteiger partial charge in [0.1, 0.15) is 11.2 Å². The Labute approximate surface area is 225 Å². The van der Waals surface area contributed by atoms with Gasteiger partial charge >= 0.3 is 11.9 Å². The highest BCUT2D eigenvalue weighted by atomic mass is 19.4. The van der Waals surface area contributed by atoms with Crippen molar-refractivity contribution in [3.05, 3.63) is 108 Å². The molecule has 0 atom stereocenters. The number of nitro benzene ring substituents is 1. The summed E-state index contributed by atoms with van der Waals surface area (Å²) in [5.74, 6) is -1.44. The molecule has 16 heteroatoms. The van der Waals surface area contributed by atoms with Gasteiger partial charge in [-0.1, -0.05) is 6.07 Å². The Morgan fingerprint density at radius 3 is 2.32 bits per heavy atom. The Balaban J connectivity index is 1.83. The van der Waals surface area contributed by atoms with E-state index in [2.05, 4.69) is 15.3 Å². The molecule has 5 aromatic rings. The summed E-state index contributed by atoms with van der Waals surface area (Å²) in [5.41, 5.74) is -4.41. The number of hydrogen-bond donors (Lipinski definition) is 0. The van der Waals surface area contributed by atoms with E-state index in [9.17, 15) is 37.3 Å². The first-order chi connectivity index (χ1) is 19.4. The van der Waals surface area contributed by atoms with Crippen LogP contribution in [0.25, 0.3) is 22.5 Å². The van der Waals surface area contributed by atoms with E-state index in [4.69, 9.17) is 4.74 Å². The van der Waals surface area contributed by atoms with Gasteiger partial charge in [0.05, 0.1) is 35.5 Å². The molecule has 0 fully saturated rings. The first kappa shape index (κ1) is 27.2. The molecule has 12 nitrogen and oxygen atoms in total. The zero-order valence-corrected chi connectivity index (χ0v) is 21.1. The van der Waals surface area contributed by atoms with Crippen LogP contribution in [0.4, 0.5) is 23.2 Å². The standard InChI is InChI=1S/C25H17F4N7O5/c1-13-21-22(32-35(13)14-6-8-15(9-7-14)36(39)40)33(12-16-17(25(27,28)29)4-3-5-18(16)26)24(38)34(23(21)37)19-10-11-20(41-2)31-30-19/h3-11H,12H2,1-2H3/i24+0. The van der Waals surface area contributed by atoms with Gasteiger partial charge in [-0.2, -0.15) is 13.2 Å². The average molecular weight is 571 g/mol. The summed E-state index contributed by atoms with van der Waals surface area (Å²) in [7, 11) is 1.32. The largest absolute Gasteiger partial charge is 0.480 e. The van der Waals surface area contributed by atoms with Crippen molar-refractivity contribution in [1.29, 1.82) is 0 Å². The maximum Gasteiger partial charge on any atom is 0.416 e. The number of ether oxygens (including phenoxy) is 1. The number of methoxy groups -OCH3 is 1. The molecule has 0 aliphatic rings. The Morgan fingerprint density at radius 1 is 1.02 bits per heavy atom. The number of alkyl halides is 3. The SMILES string of the molecule is COc1ccc(-n2c(=O)c3c(C)n(-c4ccc([N+](=O)[O-])cc4)nc3n(Cc3c(F)cccc3C(F)(F)F)[12c]2=O)nn1. The highest BCUT2D eigenvalue weighted by molar-refractivity contribution is 5.78. The number of rotatable bonds is 6. The minimum absolute atomic E-state index is 0.0616. The molecule has 3 aromatic heterocycles. The van der Waals surface area contributed by atoms with Crippen molar-refractivity contribution in [2.75, 3.05) is 7.11 Å². The minimum atomic E-state index is -4.95. The van der Waals surface area contributed by atoms with E-state index in [0.29, 0.717) is 10.6 Å². The van der Waals surface area contributed by atoms with Gasteiger partial charge in [0.15, 0.2) is 11.5 Å². The molecule has 0 radical (unpaired) electrons. The molecular weight excluding hydrogens is 554 g/mol. The third kappa shape index (κ3) is 4.68. The fourth-order valence-electron chi connectivity index (χ4n) is 4.33. The first-order valence-electron chi connectivity index (χ1n) is 11.6. The van der Waals surface area contributed by atoms with Gasteiger partial charge < -0.3 is 4.74 Å². The van der Waals surface area contributed by atoms with Crippen LogP contribution in [0.15, 0.2) is 64.2 Å². The average Bonchev–Trinajstić information content (AvgIpc) is 3.28. The number of nitro groups is 1. The van der Waals surface area contributed by atoms with Gasteiger partial charge in [-0.3, -0.25) is 19.5 Å². The van der Waals surface area contributed by atoms with Gasteiger partial charge in [-0.25, -0.2) is 18.4 Å². The van der Waals surface area contributed by atoms with Gasteiger partial charge in [0, 0.05) is 23.8 Å². The minimum Gasteiger partial charge on any atom is -0.480 e. The molecule has 0 spiro atoms. The van der Waals surface area contributed by atoms with Crippen LogP contribution in [0.3, 0.4) is 0 Å². The number of non-ortho nitro benzene ring substituents is 1. The third-order valence-electron chi connectivity index (χ3n) is 6.30. The lowest BCUT2D eigenvalue weighted by Gasteiger charge is -2.16. The van der Waals surface area contributed by atoms with E-state index >= 15 is 0 Å². The second-order valence-corrected chi connectivity index (χ2v) is 8.68. The van der Waals surface area contributed by atoms with E-state index in [1.165, 1.54) is 55.1 Å². The predicted molar refractivity (Wildman–Crippen MR) is 135 cm³/mol. The number of aromatic nitrogens is 6. The second kappa shape index (κ2) is 9.96. The number of fused-ring (bicyclic) bond motifs is 1. The Morgan fingerprint density at radius 2 is 1.73 bits per heavy atom. The molecule has 3 heterocycles. The summed E-state index contributed by atoms with van der Waals surface area (Å²) < 4.78 is 63.7. The summed E-state index contributed by atoms with van der Waals surface area (Å²) in [6, 6.07) is 9.99. The lowest BCUT2D eigenvalue weighted by molar-refractivity contribution is -0.384. The Bertz CT molecular complexity index is 1930. The van der Waals surface area contributed by atoms with E-state index < -0.39 is 45.8 Å². The molecule has 0 saturated heterocycles.